The first kappa shape index (κ1) is 20.9. The Morgan fingerprint density at radius 2 is 1.71 bits per heavy atom. The second-order valence-corrected chi connectivity index (χ2v) is 7.44. The normalized spacial score (nSPS) is 18.5. The molecule has 1 saturated heterocycles. The molecule has 160 valence electrons. The van der Waals surface area contributed by atoms with E-state index in [1.54, 1.807) is 6.34 Å². The zero-order valence-electron chi connectivity index (χ0n) is 17.1. The van der Waals surface area contributed by atoms with Gasteiger partial charge in [0.2, 0.25) is 0 Å². The number of benzene rings is 2. The van der Waals surface area contributed by atoms with E-state index in [0.29, 0.717) is 25.9 Å². The Labute approximate surface area is 180 Å². The quantitative estimate of drug-likeness (QED) is 0.446. The summed E-state index contributed by atoms with van der Waals surface area (Å²) < 4.78 is 6.98. The molecule has 0 bridgehead atoms. The van der Waals surface area contributed by atoms with Crippen molar-refractivity contribution in [1.82, 2.24) is 19.4 Å². The highest BCUT2D eigenvalue weighted by Crippen LogP contribution is 2.26. The van der Waals surface area contributed by atoms with Gasteiger partial charge in [0.05, 0.1) is 19.0 Å². The van der Waals surface area contributed by atoms with Crippen LogP contribution in [-0.4, -0.2) is 43.6 Å². The maximum atomic E-state index is 12.4. The van der Waals surface area contributed by atoms with Gasteiger partial charge in [-0.25, -0.2) is 14.8 Å². The van der Waals surface area contributed by atoms with Crippen molar-refractivity contribution in [3.63, 3.8) is 0 Å². The molecule has 0 aliphatic carbocycles. The highest BCUT2D eigenvalue weighted by Gasteiger charge is 2.27. The first-order valence-corrected chi connectivity index (χ1v) is 10.3. The fourth-order valence-electron chi connectivity index (χ4n) is 3.53. The van der Waals surface area contributed by atoms with Gasteiger partial charge in [0.15, 0.2) is 0 Å². The summed E-state index contributed by atoms with van der Waals surface area (Å²) in [7, 11) is 0. The minimum Gasteiger partial charge on any atom is -0.394 e. The molecule has 3 aromatic rings. The highest BCUT2D eigenvalue weighted by molar-refractivity contribution is 5.58. The molecule has 1 aliphatic heterocycles. The highest BCUT2D eigenvalue weighted by atomic mass is 16.5. The lowest BCUT2D eigenvalue weighted by atomic mass is 10.2. The largest absolute Gasteiger partial charge is 0.394 e. The molecule has 0 spiro atoms. The van der Waals surface area contributed by atoms with Crippen LogP contribution in [0.5, 0.6) is 0 Å². The lowest BCUT2D eigenvalue weighted by Gasteiger charge is -2.19. The second-order valence-electron chi connectivity index (χ2n) is 7.44. The van der Waals surface area contributed by atoms with Crippen LogP contribution in [0, 0.1) is 0 Å². The predicted molar refractivity (Wildman–Crippen MR) is 117 cm³/mol. The number of aliphatic hydroxyl groups excluding tert-OH is 1. The van der Waals surface area contributed by atoms with Gasteiger partial charge in [0, 0.05) is 13.1 Å². The minimum atomic E-state index is -0.469. The number of ether oxygens (including phenoxy) is 1. The van der Waals surface area contributed by atoms with Crippen molar-refractivity contribution in [1.29, 1.82) is 0 Å². The molecule has 0 radical (unpaired) electrons. The topological polar surface area (TPSA) is 92.8 Å². The summed E-state index contributed by atoms with van der Waals surface area (Å²) in [5.41, 5.74) is 1.83. The van der Waals surface area contributed by atoms with Crippen molar-refractivity contribution < 1.29 is 9.84 Å². The average molecular weight is 419 g/mol. The van der Waals surface area contributed by atoms with Gasteiger partial charge in [-0.15, -0.1) is 0 Å². The second kappa shape index (κ2) is 10.1. The number of aliphatic hydroxyl groups is 1. The number of aromatic nitrogens is 3. The predicted octanol–water partition coefficient (Wildman–Crippen LogP) is 2.67. The summed E-state index contributed by atoms with van der Waals surface area (Å²) >= 11 is 0. The summed E-state index contributed by atoms with van der Waals surface area (Å²) in [4.78, 5) is 27.0. The molecular weight excluding hydrogens is 394 g/mol. The average Bonchev–Trinajstić information content (AvgIpc) is 3.28. The van der Waals surface area contributed by atoms with E-state index < -0.39 is 11.9 Å². The summed E-state index contributed by atoms with van der Waals surface area (Å²) in [6.07, 6.45) is 3.72. The first-order chi connectivity index (χ1) is 15.2. The van der Waals surface area contributed by atoms with Crippen molar-refractivity contribution in [2.45, 2.75) is 38.3 Å². The standard InChI is InChI=1S/C23H25N5O3/c29-15-20-11-12-21(31-20)28-17-25-22(26-23(28)30)24-16-27(13-18-7-3-1-4-8-18)14-19-9-5-2-6-10-19/h1-10,16-17,20-21,29H,11-15H2/b24-16-. The Balaban J connectivity index is 1.50. The van der Waals surface area contributed by atoms with Crippen molar-refractivity contribution in [3.05, 3.63) is 88.6 Å². The molecule has 8 nitrogen and oxygen atoms in total. The molecule has 1 aromatic heterocycles. The summed E-state index contributed by atoms with van der Waals surface area (Å²) in [5.74, 6) is 0.101. The molecule has 2 aromatic carbocycles. The maximum Gasteiger partial charge on any atom is 0.354 e. The van der Waals surface area contributed by atoms with Crippen LogP contribution in [0.2, 0.25) is 0 Å². The summed E-state index contributed by atoms with van der Waals surface area (Å²) in [5, 5.41) is 9.21. The van der Waals surface area contributed by atoms with E-state index in [4.69, 9.17) is 4.74 Å². The fraction of sp³-hybridized carbons (Fsp3) is 0.304. The lowest BCUT2D eigenvalue weighted by Crippen LogP contribution is -2.28. The van der Waals surface area contributed by atoms with Crippen LogP contribution < -0.4 is 5.69 Å². The van der Waals surface area contributed by atoms with Gasteiger partial charge in [0.1, 0.15) is 12.6 Å². The van der Waals surface area contributed by atoms with Gasteiger partial charge < -0.3 is 14.7 Å². The van der Waals surface area contributed by atoms with E-state index >= 15 is 0 Å². The molecule has 2 heterocycles. The Morgan fingerprint density at radius 1 is 1.06 bits per heavy atom. The molecule has 31 heavy (non-hydrogen) atoms. The molecule has 2 unspecified atom stereocenters. The fourth-order valence-corrected chi connectivity index (χ4v) is 3.53. The molecule has 1 aliphatic rings. The number of aliphatic imine (C=N–C) groups is 1. The number of hydrogen-bond donors (Lipinski definition) is 1. The third-order valence-corrected chi connectivity index (χ3v) is 5.11. The van der Waals surface area contributed by atoms with E-state index in [2.05, 4.69) is 39.2 Å². The number of hydrogen-bond acceptors (Lipinski definition) is 6. The zero-order chi connectivity index (χ0) is 21.5. The third-order valence-electron chi connectivity index (χ3n) is 5.11. The molecule has 4 rings (SSSR count). The first-order valence-electron chi connectivity index (χ1n) is 10.3. The Kier molecular flexibility index (Phi) is 6.81. The van der Waals surface area contributed by atoms with Gasteiger partial charge in [0.25, 0.3) is 5.95 Å². The molecular formula is C23H25N5O3. The van der Waals surface area contributed by atoms with Crippen LogP contribution in [0.1, 0.15) is 30.2 Å². The van der Waals surface area contributed by atoms with Crippen molar-refractivity contribution >= 4 is 12.3 Å². The number of rotatable bonds is 8. The SMILES string of the molecule is O=c1nc(/N=C\N(Cc2ccccc2)Cc2ccccc2)ncn1C1CCC(CO)O1. The molecule has 8 heteroatoms. The van der Waals surface area contributed by atoms with E-state index in [0.717, 1.165) is 11.1 Å². The van der Waals surface area contributed by atoms with E-state index in [9.17, 15) is 9.90 Å². The maximum absolute atomic E-state index is 12.4. The molecule has 0 amide bonds. The molecule has 0 saturated carbocycles. The molecule has 2 atom stereocenters. The Hall–Kier alpha value is -3.36. The van der Waals surface area contributed by atoms with Crippen LogP contribution in [-0.2, 0) is 17.8 Å². The molecule has 1 N–H and O–H groups in total. The van der Waals surface area contributed by atoms with Gasteiger partial charge >= 0.3 is 5.69 Å². The molecule has 1 fully saturated rings. The van der Waals surface area contributed by atoms with E-state index in [1.807, 2.05) is 41.3 Å². The van der Waals surface area contributed by atoms with E-state index in [-0.39, 0.29) is 18.7 Å². The van der Waals surface area contributed by atoms with Crippen LogP contribution in [0.25, 0.3) is 0 Å². The van der Waals surface area contributed by atoms with Gasteiger partial charge in [-0.05, 0) is 24.0 Å². The van der Waals surface area contributed by atoms with Crippen LogP contribution >= 0.6 is 0 Å². The van der Waals surface area contributed by atoms with Gasteiger partial charge in [-0.2, -0.15) is 4.98 Å². The van der Waals surface area contributed by atoms with Gasteiger partial charge in [-0.1, -0.05) is 60.7 Å². The van der Waals surface area contributed by atoms with Crippen LogP contribution in [0.15, 0.2) is 76.8 Å². The monoisotopic (exact) mass is 419 g/mol. The van der Waals surface area contributed by atoms with Crippen molar-refractivity contribution in [2.75, 3.05) is 6.61 Å². The number of nitrogens with zero attached hydrogens (tertiary/aromatic N) is 5. The van der Waals surface area contributed by atoms with Crippen LogP contribution in [0.4, 0.5) is 5.95 Å². The Morgan fingerprint density at radius 3 is 2.26 bits per heavy atom. The smallest absolute Gasteiger partial charge is 0.354 e. The Bertz CT molecular complexity index is 1010. The van der Waals surface area contributed by atoms with E-state index in [1.165, 1.54) is 10.9 Å². The lowest BCUT2D eigenvalue weighted by molar-refractivity contribution is -0.0250. The van der Waals surface area contributed by atoms with Crippen LogP contribution in [0.3, 0.4) is 0 Å². The minimum absolute atomic E-state index is 0.0624. The zero-order valence-corrected chi connectivity index (χ0v) is 17.1. The van der Waals surface area contributed by atoms with Gasteiger partial charge in [-0.3, -0.25) is 4.57 Å². The van der Waals surface area contributed by atoms with Crippen molar-refractivity contribution in [2.24, 2.45) is 4.99 Å². The summed E-state index contributed by atoms with van der Waals surface area (Å²) in [6, 6.07) is 20.2. The van der Waals surface area contributed by atoms with Crippen molar-refractivity contribution in [3.8, 4) is 0 Å². The third kappa shape index (κ3) is 5.62. The summed E-state index contributed by atoms with van der Waals surface area (Å²) in [6.45, 7) is 1.26.